The van der Waals surface area contributed by atoms with E-state index in [1.807, 2.05) is 19.9 Å². The van der Waals surface area contributed by atoms with E-state index in [9.17, 15) is 14.4 Å². The molecule has 8 nitrogen and oxygen atoms in total. The predicted octanol–water partition coefficient (Wildman–Crippen LogP) is 3.39. The number of esters is 2. The summed E-state index contributed by atoms with van der Waals surface area (Å²) >= 11 is 0. The van der Waals surface area contributed by atoms with Crippen LogP contribution in [0.25, 0.3) is 0 Å². The lowest BCUT2D eigenvalue weighted by Crippen LogP contribution is -2.22. The summed E-state index contributed by atoms with van der Waals surface area (Å²) in [6.45, 7) is 7.49. The Morgan fingerprint density at radius 1 is 1.31 bits per heavy atom. The van der Waals surface area contributed by atoms with E-state index in [0.717, 1.165) is 11.1 Å². The molecule has 1 aromatic rings. The minimum atomic E-state index is -0.781. The van der Waals surface area contributed by atoms with Crippen molar-refractivity contribution in [2.45, 2.75) is 59.7 Å². The number of methoxy groups -OCH3 is 1. The number of allylic oxidation sites excluding steroid dienone is 2. The van der Waals surface area contributed by atoms with Crippen LogP contribution in [0.1, 0.15) is 60.7 Å². The zero-order valence-corrected chi connectivity index (χ0v) is 17.5. The zero-order chi connectivity index (χ0) is 21.7. The van der Waals surface area contributed by atoms with Gasteiger partial charge in [0.2, 0.25) is 0 Å². The van der Waals surface area contributed by atoms with Gasteiger partial charge in [0.15, 0.2) is 0 Å². The van der Waals surface area contributed by atoms with Crippen LogP contribution in [0.15, 0.2) is 11.6 Å². The summed E-state index contributed by atoms with van der Waals surface area (Å²) in [6, 6.07) is -0.781. The standard InChI is InChI=1S/C21H28N2O6/c1-11(2)29-16(24)9-7-12(3)6-8-14-18(23-21(22)26)17-15(10-28-20(17)25)13(4)19(14)27-5/h6,11H,7-10H2,1-5H3,(H3,22,23,26)/b12-6+. The van der Waals surface area contributed by atoms with Crippen LogP contribution < -0.4 is 15.8 Å². The summed E-state index contributed by atoms with van der Waals surface area (Å²) < 4.78 is 15.9. The van der Waals surface area contributed by atoms with Crippen LogP contribution >= 0.6 is 0 Å². The maximum absolute atomic E-state index is 12.3. The van der Waals surface area contributed by atoms with Crippen LogP contribution in [0.2, 0.25) is 0 Å². The summed E-state index contributed by atoms with van der Waals surface area (Å²) in [6.07, 6.45) is 2.98. The number of rotatable bonds is 8. The Labute approximate surface area is 170 Å². The summed E-state index contributed by atoms with van der Waals surface area (Å²) in [7, 11) is 1.53. The van der Waals surface area contributed by atoms with Gasteiger partial charge in [-0.15, -0.1) is 0 Å². The molecule has 2 amide bonds. The van der Waals surface area contributed by atoms with Gasteiger partial charge in [-0.05, 0) is 46.1 Å². The van der Waals surface area contributed by atoms with Gasteiger partial charge in [0.05, 0.1) is 24.5 Å². The normalized spacial score (nSPS) is 13.2. The van der Waals surface area contributed by atoms with Gasteiger partial charge in [0, 0.05) is 17.5 Å². The molecule has 0 saturated heterocycles. The molecule has 29 heavy (non-hydrogen) atoms. The molecule has 0 aromatic heterocycles. The number of benzene rings is 1. The molecule has 1 aliphatic heterocycles. The molecule has 1 heterocycles. The summed E-state index contributed by atoms with van der Waals surface area (Å²) in [5, 5.41) is 2.56. The molecular formula is C21H28N2O6. The van der Waals surface area contributed by atoms with Crippen LogP contribution in [-0.4, -0.2) is 31.2 Å². The van der Waals surface area contributed by atoms with Gasteiger partial charge in [-0.2, -0.15) is 0 Å². The Morgan fingerprint density at radius 3 is 2.59 bits per heavy atom. The molecule has 0 radical (unpaired) electrons. The average molecular weight is 404 g/mol. The van der Waals surface area contributed by atoms with Crippen molar-refractivity contribution in [3.63, 3.8) is 0 Å². The summed E-state index contributed by atoms with van der Waals surface area (Å²) in [5.74, 6) is -0.195. The first-order chi connectivity index (χ1) is 13.6. The number of ether oxygens (including phenoxy) is 3. The van der Waals surface area contributed by atoms with Crippen molar-refractivity contribution < 1.29 is 28.6 Å². The highest BCUT2D eigenvalue weighted by atomic mass is 16.5. The Kier molecular flexibility index (Phi) is 7.25. The van der Waals surface area contributed by atoms with Crippen LogP contribution in [-0.2, 0) is 27.3 Å². The van der Waals surface area contributed by atoms with Gasteiger partial charge in [0.25, 0.3) is 0 Å². The van der Waals surface area contributed by atoms with Crippen molar-refractivity contribution in [2.75, 3.05) is 12.4 Å². The lowest BCUT2D eigenvalue weighted by molar-refractivity contribution is -0.147. The number of carbonyl (C=O) groups is 3. The van der Waals surface area contributed by atoms with E-state index >= 15 is 0 Å². The maximum atomic E-state index is 12.3. The second-order valence-corrected chi connectivity index (χ2v) is 7.22. The monoisotopic (exact) mass is 404 g/mol. The topological polar surface area (TPSA) is 117 Å². The van der Waals surface area contributed by atoms with Crippen molar-refractivity contribution in [2.24, 2.45) is 5.73 Å². The first-order valence-electron chi connectivity index (χ1n) is 9.46. The lowest BCUT2D eigenvalue weighted by atomic mass is 9.93. The molecular weight excluding hydrogens is 376 g/mol. The molecule has 0 bridgehead atoms. The van der Waals surface area contributed by atoms with E-state index < -0.39 is 12.0 Å². The highest BCUT2D eigenvalue weighted by Gasteiger charge is 2.32. The van der Waals surface area contributed by atoms with Crippen LogP contribution in [0, 0.1) is 6.92 Å². The second-order valence-electron chi connectivity index (χ2n) is 7.22. The van der Waals surface area contributed by atoms with Gasteiger partial charge in [-0.25, -0.2) is 9.59 Å². The largest absolute Gasteiger partial charge is 0.496 e. The molecule has 0 saturated carbocycles. The number of nitrogens with two attached hydrogens (primary N) is 1. The van der Waals surface area contributed by atoms with Gasteiger partial charge >= 0.3 is 18.0 Å². The fourth-order valence-corrected chi connectivity index (χ4v) is 3.31. The number of primary amides is 1. The molecule has 0 fully saturated rings. The number of urea groups is 1. The smallest absolute Gasteiger partial charge is 0.341 e. The lowest BCUT2D eigenvalue weighted by Gasteiger charge is -2.19. The van der Waals surface area contributed by atoms with Crippen molar-refractivity contribution >= 4 is 23.7 Å². The Bertz CT molecular complexity index is 857. The number of fused-ring (bicyclic) bond motifs is 1. The van der Waals surface area contributed by atoms with E-state index in [1.54, 1.807) is 13.8 Å². The fourth-order valence-electron chi connectivity index (χ4n) is 3.31. The van der Waals surface area contributed by atoms with Crippen molar-refractivity contribution in [3.8, 4) is 5.75 Å². The zero-order valence-electron chi connectivity index (χ0n) is 17.5. The highest BCUT2D eigenvalue weighted by Crippen LogP contribution is 2.41. The highest BCUT2D eigenvalue weighted by molar-refractivity contribution is 6.05. The molecule has 1 aliphatic rings. The molecule has 0 unspecified atom stereocenters. The molecule has 8 heteroatoms. The molecule has 0 aliphatic carbocycles. The quantitative estimate of drug-likeness (QED) is 0.507. The number of carbonyl (C=O) groups excluding carboxylic acids is 3. The third-order valence-corrected chi connectivity index (χ3v) is 4.67. The van der Waals surface area contributed by atoms with E-state index in [1.165, 1.54) is 7.11 Å². The Morgan fingerprint density at radius 2 is 2.00 bits per heavy atom. The predicted molar refractivity (Wildman–Crippen MR) is 108 cm³/mol. The van der Waals surface area contributed by atoms with Crippen molar-refractivity contribution in [1.82, 2.24) is 0 Å². The fraction of sp³-hybridized carbons (Fsp3) is 0.476. The van der Waals surface area contributed by atoms with Gasteiger partial charge in [-0.3, -0.25) is 4.79 Å². The number of cyclic esters (lactones) is 1. The van der Waals surface area contributed by atoms with Gasteiger partial charge in [0.1, 0.15) is 12.4 Å². The SMILES string of the molecule is COc1c(C)c2c(c(NC(N)=O)c1C/C=C(\C)CCC(=O)OC(C)C)C(=O)OC2. The molecule has 3 N–H and O–H groups in total. The average Bonchev–Trinajstić information content (AvgIpc) is 3.02. The van der Waals surface area contributed by atoms with Crippen molar-refractivity contribution in [3.05, 3.63) is 33.9 Å². The maximum Gasteiger partial charge on any atom is 0.341 e. The second kappa shape index (κ2) is 9.45. The minimum absolute atomic E-state index is 0.122. The van der Waals surface area contributed by atoms with Crippen LogP contribution in [0.4, 0.5) is 10.5 Å². The molecule has 0 spiro atoms. The minimum Gasteiger partial charge on any atom is -0.496 e. The molecule has 1 aromatic carbocycles. The van der Waals surface area contributed by atoms with E-state index in [2.05, 4.69) is 5.32 Å². The number of nitrogens with one attached hydrogen (secondary N) is 1. The first-order valence-corrected chi connectivity index (χ1v) is 9.46. The third kappa shape index (κ3) is 5.28. The molecule has 158 valence electrons. The Balaban J connectivity index is 2.34. The number of amides is 2. The van der Waals surface area contributed by atoms with Gasteiger partial charge < -0.3 is 25.3 Å². The van der Waals surface area contributed by atoms with E-state index in [4.69, 9.17) is 19.9 Å². The van der Waals surface area contributed by atoms with Crippen LogP contribution in [0.5, 0.6) is 5.75 Å². The van der Waals surface area contributed by atoms with Crippen LogP contribution in [0.3, 0.4) is 0 Å². The summed E-state index contributed by atoms with van der Waals surface area (Å²) in [5.41, 5.74) is 9.01. The number of hydrogen-bond donors (Lipinski definition) is 2. The third-order valence-electron chi connectivity index (χ3n) is 4.67. The summed E-state index contributed by atoms with van der Waals surface area (Å²) in [4.78, 5) is 35.6. The Hall–Kier alpha value is -3.03. The van der Waals surface area contributed by atoms with E-state index in [-0.39, 0.29) is 25.1 Å². The first kappa shape index (κ1) is 22.3. The molecule has 0 atom stereocenters. The van der Waals surface area contributed by atoms with Gasteiger partial charge in [-0.1, -0.05) is 11.6 Å². The number of anilines is 1. The van der Waals surface area contributed by atoms with E-state index in [0.29, 0.717) is 41.0 Å². The molecule has 2 rings (SSSR count). The van der Waals surface area contributed by atoms with Crippen molar-refractivity contribution in [1.29, 1.82) is 0 Å². The number of hydrogen-bond acceptors (Lipinski definition) is 6.